The maximum Gasteiger partial charge on any atom is 0.331 e. The third-order valence-corrected chi connectivity index (χ3v) is 5.32. The summed E-state index contributed by atoms with van der Waals surface area (Å²) >= 11 is 0. The molecular formula is C15H14N3O4S+. The van der Waals surface area contributed by atoms with Gasteiger partial charge in [0.25, 0.3) is 11.5 Å². The fourth-order valence-electron chi connectivity index (χ4n) is 2.44. The number of sulfonamides is 1. The van der Waals surface area contributed by atoms with Crippen LogP contribution in [0.15, 0.2) is 59.5 Å². The van der Waals surface area contributed by atoms with Crippen molar-refractivity contribution < 1.29 is 17.3 Å². The van der Waals surface area contributed by atoms with Crippen LogP contribution in [0.1, 0.15) is 5.56 Å². The van der Waals surface area contributed by atoms with Crippen LogP contribution < -0.4 is 5.32 Å². The zero-order chi connectivity index (χ0) is 16.4. The number of hydrogen-bond acceptors (Lipinski definition) is 5. The molecular weight excluding hydrogens is 318 g/mol. The highest BCUT2D eigenvalue weighted by Crippen LogP contribution is 2.20. The van der Waals surface area contributed by atoms with Crippen LogP contribution in [0, 0.1) is 10.1 Å². The third kappa shape index (κ3) is 2.80. The molecule has 0 amide bonds. The lowest BCUT2D eigenvalue weighted by Crippen LogP contribution is -2.28. The second-order valence-corrected chi connectivity index (χ2v) is 6.84. The van der Waals surface area contributed by atoms with Crippen molar-refractivity contribution in [3.05, 3.63) is 70.3 Å². The summed E-state index contributed by atoms with van der Waals surface area (Å²) in [6, 6.07) is 14.2. The topological polar surface area (TPSA) is 92.3 Å². The second-order valence-electron chi connectivity index (χ2n) is 4.97. The van der Waals surface area contributed by atoms with Gasteiger partial charge in [0.1, 0.15) is 18.0 Å². The Morgan fingerprint density at radius 3 is 2.52 bits per heavy atom. The van der Waals surface area contributed by atoms with E-state index in [-0.39, 0.29) is 17.1 Å². The molecule has 118 valence electrons. The normalized spacial score (nSPS) is 14.6. The first-order chi connectivity index (χ1) is 11.0. The number of hydrogen-bond donors (Lipinski definition) is 1. The largest absolute Gasteiger partial charge is 0.331 e. The van der Waals surface area contributed by atoms with Crippen LogP contribution in [0.3, 0.4) is 0 Å². The number of nitrogens with one attached hydrogen (secondary N) is 1. The zero-order valence-electron chi connectivity index (χ0n) is 12.0. The van der Waals surface area contributed by atoms with Gasteiger partial charge in [-0.3, -0.25) is 15.4 Å². The summed E-state index contributed by atoms with van der Waals surface area (Å²) in [6.07, 6.45) is 0. The van der Waals surface area contributed by atoms with E-state index in [1.165, 1.54) is 22.2 Å². The molecule has 0 aliphatic carbocycles. The number of nitro benzene ring substituents is 1. The van der Waals surface area contributed by atoms with Crippen molar-refractivity contribution in [3.8, 4) is 0 Å². The zero-order valence-corrected chi connectivity index (χ0v) is 12.9. The molecule has 2 aromatic carbocycles. The number of benzene rings is 2. The van der Waals surface area contributed by atoms with E-state index in [1.54, 1.807) is 0 Å². The number of amidine groups is 1. The maximum atomic E-state index is 12.8. The summed E-state index contributed by atoms with van der Waals surface area (Å²) < 4.78 is 26.9. The Kier molecular flexibility index (Phi) is 3.83. The van der Waals surface area contributed by atoms with E-state index in [0.29, 0.717) is 12.4 Å². The summed E-state index contributed by atoms with van der Waals surface area (Å²) in [7, 11) is -3.86. The Labute approximate surface area is 133 Å². The van der Waals surface area contributed by atoms with Crippen molar-refractivity contribution in [1.29, 1.82) is 0 Å². The Bertz CT molecular complexity index is 892. The van der Waals surface area contributed by atoms with Gasteiger partial charge in [-0.2, -0.15) is 8.42 Å². The average Bonchev–Trinajstić information content (AvgIpc) is 3.06. The molecule has 0 unspecified atom stereocenters. The lowest BCUT2D eigenvalue weighted by molar-refractivity contribution is -0.385. The fraction of sp³-hybridized carbons (Fsp3) is 0.133. The quantitative estimate of drug-likeness (QED) is 0.518. The van der Waals surface area contributed by atoms with E-state index < -0.39 is 14.9 Å². The molecule has 2 aromatic rings. The van der Waals surface area contributed by atoms with Gasteiger partial charge in [0.15, 0.2) is 0 Å². The van der Waals surface area contributed by atoms with E-state index in [2.05, 4.69) is 5.32 Å². The van der Waals surface area contributed by atoms with Crippen molar-refractivity contribution in [2.24, 2.45) is 0 Å². The lowest BCUT2D eigenvalue weighted by atomic mass is 10.2. The molecule has 0 radical (unpaired) electrons. The van der Waals surface area contributed by atoms with E-state index in [4.69, 9.17) is 0 Å². The van der Waals surface area contributed by atoms with Gasteiger partial charge in [-0.1, -0.05) is 24.3 Å². The minimum absolute atomic E-state index is 0.0937. The molecule has 0 atom stereocenters. The van der Waals surface area contributed by atoms with Crippen molar-refractivity contribution in [2.45, 2.75) is 4.90 Å². The van der Waals surface area contributed by atoms with Crippen molar-refractivity contribution >= 4 is 21.5 Å². The maximum absolute atomic E-state index is 12.8. The predicted molar refractivity (Wildman–Crippen MR) is 84.0 cm³/mol. The predicted octanol–water partition coefficient (Wildman–Crippen LogP) is 1.35. The molecule has 0 fully saturated rings. The summed E-state index contributed by atoms with van der Waals surface area (Å²) in [5, 5.41) is 13.9. The highest BCUT2D eigenvalue weighted by Gasteiger charge is 2.34. The first-order valence-corrected chi connectivity index (χ1v) is 8.37. The first-order valence-electron chi connectivity index (χ1n) is 6.93. The summed E-state index contributed by atoms with van der Waals surface area (Å²) in [4.78, 5) is 10.2. The number of nitrogens with zero attached hydrogens (tertiary/aromatic N) is 2. The summed E-state index contributed by atoms with van der Waals surface area (Å²) in [5.74, 6) is 0.483. The number of non-ortho nitro benzene ring substituents is 1. The molecule has 0 spiro atoms. The van der Waals surface area contributed by atoms with Crippen LogP contribution in [-0.4, -0.2) is 36.2 Å². The van der Waals surface area contributed by atoms with Gasteiger partial charge in [-0.25, -0.2) is 0 Å². The molecule has 1 aliphatic rings. The van der Waals surface area contributed by atoms with Crippen LogP contribution in [0.5, 0.6) is 0 Å². The molecule has 7 nitrogen and oxygen atoms in total. The van der Waals surface area contributed by atoms with Gasteiger partial charge >= 0.3 is 10.0 Å². The minimum atomic E-state index is -3.86. The van der Waals surface area contributed by atoms with Gasteiger partial charge in [0.05, 0.1) is 10.5 Å². The van der Waals surface area contributed by atoms with Gasteiger partial charge in [-0.15, -0.1) is 3.98 Å². The summed E-state index contributed by atoms with van der Waals surface area (Å²) in [6.45, 7) is 0.758. The Morgan fingerprint density at radius 2 is 1.83 bits per heavy atom. The first kappa shape index (κ1) is 15.2. The molecule has 0 saturated carbocycles. The van der Waals surface area contributed by atoms with Gasteiger partial charge in [-0.05, 0) is 18.2 Å². The SMILES string of the molecule is O=[N+]([O-])c1cccc(S(=O)(=O)[N+]2=C(c3ccccc3)NCC2)c1. The van der Waals surface area contributed by atoms with Crippen LogP contribution in [-0.2, 0) is 10.0 Å². The molecule has 0 saturated heterocycles. The van der Waals surface area contributed by atoms with Crippen LogP contribution >= 0.6 is 0 Å². The third-order valence-electron chi connectivity index (χ3n) is 3.52. The van der Waals surface area contributed by atoms with Crippen molar-refractivity contribution in [3.63, 3.8) is 0 Å². The summed E-state index contributed by atoms with van der Waals surface area (Å²) in [5.41, 5.74) is 0.499. The lowest BCUT2D eigenvalue weighted by Gasteiger charge is -2.06. The second kappa shape index (κ2) is 5.81. The smallest absolute Gasteiger partial charge is 0.269 e. The molecule has 0 bridgehead atoms. The van der Waals surface area contributed by atoms with Crippen molar-refractivity contribution in [2.75, 3.05) is 13.1 Å². The van der Waals surface area contributed by atoms with Crippen molar-refractivity contribution in [1.82, 2.24) is 5.32 Å². The molecule has 8 heteroatoms. The van der Waals surface area contributed by atoms with E-state index >= 15 is 0 Å². The Morgan fingerprint density at radius 1 is 1.09 bits per heavy atom. The minimum Gasteiger partial charge on any atom is -0.269 e. The van der Waals surface area contributed by atoms with E-state index in [0.717, 1.165) is 11.6 Å². The Balaban J connectivity index is 2.12. The van der Waals surface area contributed by atoms with E-state index in [9.17, 15) is 18.5 Å². The van der Waals surface area contributed by atoms with Crippen LogP contribution in [0.25, 0.3) is 0 Å². The van der Waals surface area contributed by atoms with E-state index in [1.807, 2.05) is 30.3 Å². The standard InChI is InChI=1S/C15H13N3O4S/c19-18(20)13-7-4-8-14(11-13)23(21,22)17-10-9-16-15(17)12-5-2-1-3-6-12/h1-8,11H,9-10H2/p+1. The monoisotopic (exact) mass is 332 g/mol. The van der Waals surface area contributed by atoms with Gasteiger partial charge < -0.3 is 0 Å². The van der Waals surface area contributed by atoms with Gasteiger partial charge in [0.2, 0.25) is 0 Å². The fourth-order valence-corrected chi connectivity index (χ4v) is 3.96. The molecule has 1 aliphatic heterocycles. The Hall–Kier alpha value is -2.74. The molecule has 1 N–H and O–H groups in total. The molecule has 3 rings (SSSR count). The van der Waals surface area contributed by atoms with Gasteiger partial charge in [0, 0.05) is 12.1 Å². The molecule has 0 aromatic heterocycles. The van der Waals surface area contributed by atoms with Crippen LogP contribution in [0.4, 0.5) is 5.69 Å². The molecule has 1 heterocycles. The average molecular weight is 332 g/mol. The highest BCUT2D eigenvalue weighted by atomic mass is 32.2. The highest BCUT2D eigenvalue weighted by molar-refractivity contribution is 7.85. The number of nitro groups is 1. The molecule has 23 heavy (non-hydrogen) atoms. The van der Waals surface area contributed by atoms with Crippen LogP contribution in [0.2, 0.25) is 0 Å². The number of rotatable bonds is 4.